The summed E-state index contributed by atoms with van der Waals surface area (Å²) in [5.74, 6) is -0.295. The molecule has 0 saturated carbocycles. The molecule has 2 amide bonds. The number of ketones is 1. The van der Waals surface area contributed by atoms with Crippen LogP contribution in [-0.2, 0) is 14.3 Å². The van der Waals surface area contributed by atoms with Crippen molar-refractivity contribution in [3.05, 3.63) is 0 Å². The standard InChI is InChI=1S/C11H20N2O5/c1-7(14)8(13-10(16)17-5)6-12-9(15)18-11(2,3)4/h8H,6H2,1-5H3,(H,12,15)(H,13,16)/t8-/m1/s1. The average molecular weight is 260 g/mol. The average Bonchev–Trinajstić information content (AvgIpc) is 2.20. The molecule has 7 nitrogen and oxygen atoms in total. The Morgan fingerprint density at radius 2 is 1.72 bits per heavy atom. The minimum Gasteiger partial charge on any atom is -0.453 e. The highest BCUT2D eigenvalue weighted by molar-refractivity contribution is 5.86. The van der Waals surface area contributed by atoms with Gasteiger partial charge in [-0.1, -0.05) is 0 Å². The van der Waals surface area contributed by atoms with Crippen LogP contribution in [0.2, 0.25) is 0 Å². The second-order valence-electron chi connectivity index (χ2n) is 4.68. The molecule has 0 spiro atoms. The third-order valence-corrected chi connectivity index (χ3v) is 1.82. The van der Waals surface area contributed by atoms with Crippen molar-refractivity contribution in [3.8, 4) is 0 Å². The molecule has 0 fully saturated rings. The number of Topliss-reactive ketones (excluding diaryl/α,β-unsaturated/α-hetero) is 1. The molecular formula is C11H20N2O5. The van der Waals surface area contributed by atoms with Gasteiger partial charge in [0, 0.05) is 6.54 Å². The van der Waals surface area contributed by atoms with Crippen molar-refractivity contribution in [1.82, 2.24) is 10.6 Å². The van der Waals surface area contributed by atoms with Gasteiger partial charge in [-0.2, -0.15) is 0 Å². The van der Waals surface area contributed by atoms with Crippen LogP contribution in [0.1, 0.15) is 27.7 Å². The number of alkyl carbamates (subject to hydrolysis) is 2. The van der Waals surface area contributed by atoms with Gasteiger partial charge in [0.25, 0.3) is 0 Å². The molecule has 18 heavy (non-hydrogen) atoms. The third-order valence-electron chi connectivity index (χ3n) is 1.82. The van der Waals surface area contributed by atoms with Gasteiger partial charge in [-0.15, -0.1) is 0 Å². The first kappa shape index (κ1) is 16.2. The number of hydrogen-bond acceptors (Lipinski definition) is 5. The largest absolute Gasteiger partial charge is 0.453 e. The van der Waals surface area contributed by atoms with E-state index in [2.05, 4.69) is 15.4 Å². The van der Waals surface area contributed by atoms with E-state index in [-0.39, 0.29) is 12.3 Å². The lowest BCUT2D eigenvalue weighted by Gasteiger charge is -2.21. The highest BCUT2D eigenvalue weighted by Gasteiger charge is 2.20. The number of methoxy groups -OCH3 is 1. The summed E-state index contributed by atoms with van der Waals surface area (Å²) in [5, 5.41) is 4.70. The van der Waals surface area contributed by atoms with Gasteiger partial charge >= 0.3 is 12.2 Å². The normalized spacial score (nSPS) is 12.3. The van der Waals surface area contributed by atoms with Gasteiger partial charge in [0.2, 0.25) is 0 Å². The molecule has 0 radical (unpaired) electrons. The number of carbonyl (C=O) groups is 3. The molecule has 0 aliphatic rings. The van der Waals surface area contributed by atoms with Crippen molar-refractivity contribution < 1.29 is 23.9 Å². The van der Waals surface area contributed by atoms with Crippen LogP contribution >= 0.6 is 0 Å². The number of carbonyl (C=O) groups excluding carboxylic acids is 3. The molecule has 2 N–H and O–H groups in total. The second kappa shape index (κ2) is 6.83. The zero-order valence-electron chi connectivity index (χ0n) is 11.3. The fraction of sp³-hybridized carbons (Fsp3) is 0.727. The molecule has 0 rings (SSSR count). The first-order valence-corrected chi connectivity index (χ1v) is 5.47. The van der Waals surface area contributed by atoms with E-state index < -0.39 is 23.8 Å². The lowest BCUT2D eigenvalue weighted by Crippen LogP contribution is -2.48. The van der Waals surface area contributed by atoms with Crippen LogP contribution in [0.25, 0.3) is 0 Å². The molecule has 0 aromatic heterocycles. The van der Waals surface area contributed by atoms with Crippen molar-refractivity contribution in [2.45, 2.75) is 39.3 Å². The predicted octanol–water partition coefficient (Wildman–Crippen LogP) is 0.825. The Kier molecular flexibility index (Phi) is 6.15. The first-order valence-electron chi connectivity index (χ1n) is 5.47. The van der Waals surface area contributed by atoms with Gasteiger partial charge < -0.3 is 20.1 Å². The predicted molar refractivity (Wildman–Crippen MR) is 64.2 cm³/mol. The Balaban J connectivity index is 4.24. The number of amides is 2. The van der Waals surface area contributed by atoms with Gasteiger partial charge in [0.15, 0.2) is 5.78 Å². The van der Waals surface area contributed by atoms with Gasteiger partial charge in [0.05, 0.1) is 7.11 Å². The summed E-state index contributed by atoms with van der Waals surface area (Å²) in [6, 6.07) is -0.843. The lowest BCUT2D eigenvalue weighted by atomic mass is 10.2. The van der Waals surface area contributed by atoms with E-state index in [1.807, 2.05) is 0 Å². The van der Waals surface area contributed by atoms with E-state index >= 15 is 0 Å². The molecule has 0 heterocycles. The molecule has 7 heteroatoms. The number of ether oxygens (including phenoxy) is 2. The summed E-state index contributed by atoms with van der Waals surface area (Å²) in [4.78, 5) is 33.6. The summed E-state index contributed by atoms with van der Waals surface area (Å²) in [5.41, 5.74) is -0.619. The maximum atomic E-state index is 11.4. The van der Waals surface area contributed by atoms with Gasteiger partial charge in [-0.05, 0) is 27.7 Å². The van der Waals surface area contributed by atoms with Crippen molar-refractivity contribution in [1.29, 1.82) is 0 Å². The van der Waals surface area contributed by atoms with Crippen LogP contribution in [-0.4, -0.2) is 43.3 Å². The quantitative estimate of drug-likeness (QED) is 0.780. The van der Waals surface area contributed by atoms with Gasteiger partial charge in [0.1, 0.15) is 11.6 Å². The zero-order valence-corrected chi connectivity index (χ0v) is 11.3. The molecule has 0 unspecified atom stereocenters. The lowest BCUT2D eigenvalue weighted by molar-refractivity contribution is -0.118. The van der Waals surface area contributed by atoms with E-state index in [0.29, 0.717) is 0 Å². The Bertz CT molecular complexity index is 322. The van der Waals surface area contributed by atoms with Crippen LogP contribution in [0.4, 0.5) is 9.59 Å². The Labute approximate surface area is 106 Å². The van der Waals surface area contributed by atoms with Crippen LogP contribution < -0.4 is 10.6 Å². The van der Waals surface area contributed by atoms with E-state index in [4.69, 9.17) is 4.74 Å². The summed E-state index contributed by atoms with van der Waals surface area (Å²) >= 11 is 0. The van der Waals surface area contributed by atoms with E-state index in [1.54, 1.807) is 20.8 Å². The third kappa shape index (κ3) is 7.48. The molecule has 0 saturated heterocycles. The topological polar surface area (TPSA) is 93.7 Å². The minimum absolute atomic E-state index is 0.0562. The molecule has 0 aliphatic heterocycles. The maximum Gasteiger partial charge on any atom is 0.407 e. The Hall–Kier alpha value is -1.79. The molecular weight excluding hydrogens is 240 g/mol. The summed E-state index contributed by atoms with van der Waals surface area (Å²) in [7, 11) is 1.19. The Morgan fingerprint density at radius 3 is 2.11 bits per heavy atom. The summed E-state index contributed by atoms with van der Waals surface area (Å²) in [6.45, 7) is 6.42. The van der Waals surface area contributed by atoms with Crippen molar-refractivity contribution in [2.24, 2.45) is 0 Å². The van der Waals surface area contributed by atoms with E-state index in [1.165, 1.54) is 14.0 Å². The fourth-order valence-corrected chi connectivity index (χ4v) is 0.997. The van der Waals surface area contributed by atoms with Crippen molar-refractivity contribution >= 4 is 18.0 Å². The minimum atomic E-state index is -0.843. The summed E-state index contributed by atoms with van der Waals surface area (Å²) in [6.07, 6.45) is -1.39. The maximum absolute atomic E-state index is 11.4. The number of nitrogens with one attached hydrogen (secondary N) is 2. The second-order valence-corrected chi connectivity index (χ2v) is 4.68. The molecule has 0 aromatic rings. The highest BCUT2D eigenvalue weighted by Crippen LogP contribution is 2.06. The van der Waals surface area contributed by atoms with Crippen molar-refractivity contribution in [2.75, 3.05) is 13.7 Å². The first-order chi connectivity index (χ1) is 8.15. The summed E-state index contributed by atoms with van der Waals surface area (Å²) < 4.78 is 9.37. The zero-order chi connectivity index (χ0) is 14.3. The monoisotopic (exact) mass is 260 g/mol. The Morgan fingerprint density at radius 1 is 1.17 bits per heavy atom. The smallest absolute Gasteiger partial charge is 0.407 e. The number of hydrogen-bond donors (Lipinski definition) is 2. The van der Waals surface area contributed by atoms with Crippen molar-refractivity contribution in [3.63, 3.8) is 0 Å². The van der Waals surface area contributed by atoms with E-state index in [0.717, 1.165) is 0 Å². The van der Waals surface area contributed by atoms with Crippen LogP contribution in [0.3, 0.4) is 0 Å². The van der Waals surface area contributed by atoms with Crippen LogP contribution in [0, 0.1) is 0 Å². The SMILES string of the molecule is COC(=O)N[C@H](CNC(=O)OC(C)(C)C)C(C)=O. The highest BCUT2D eigenvalue weighted by atomic mass is 16.6. The fourth-order valence-electron chi connectivity index (χ4n) is 0.997. The van der Waals surface area contributed by atoms with Crippen LogP contribution in [0.15, 0.2) is 0 Å². The molecule has 0 aromatic carbocycles. The number of rotatable bonds is 4. The van der Waals surface area contributed by atoms with Crippen LogP contribution in [0.5, 0.6) is 0 Å². The van der Waals surface area contributed by atoms with Gasteiger partial charge in [-0.3, -0.25) is 4.79 Å². The molecule has 1 atom stereocenters. The van der Waals surface area contributed by atoms with Gasteiger partial charge in [-0.25, -0.2) is 9.59 Å². The molecule has 104 valence electrons. The molecule has 0 aliphatic carbocycles. The molecule has 0 bridgehead atoms. The van der Waals surface area contributed by atoms with E-state index in [9.17, 15) is 14.4 Å².